The van der Waals surface area contributed by atoms with Crippen molar-refractivity contribution in [2.24, 2.45) is 0 Å². The van der Waals surface area contributed by atoms with Crippen LogP contribution in [0.5, 0.6) is 0 Å². The SMILES string of the molecule is N#CC1=CC(c2c(C#N)cccc2-c2cccc(-n3c4c(c5ccccc53)CCC=C4)c2)=C(n2c3ccccc3c3ccccc32)C=CC1. The summed E-state index contributed by atoms with van der Waals surface area (Å²) in [6.07, 6.45) is 13.3. The number of rotatable bonds is 4. The van der Waals surface area contributed by atoms with Crippen molar-refractivity contribution in [3.05, 3.63) is 168 Å². The van der Waals surface area contributed by atoms with Crippen LogP contribution in [0.1, 0.15) is 35.2 Å². The Labute approximate surface area is 284 Å². The van der Waals surface area contributed by atoms with Crippen LogP contribution in [0.3, 0.4) is 0 Å². The van der Waals surface area contributed by atoms with Gasteiger partial charge in [0.2, 0.25) is 0 Å². The van der Waals surface area contributed by atoms with E-state index in [1.165, 1.54) is 22.2 Å². The van der Waals surface area contributed by atoms with Crippen molar-refractivity contribution in [3.63, 3.8) is 0 Å². The standard InChI is InChI=1S/C45H30N4/c46-28-30-12-9-25-44(49-42-23-7-3-18-37(42)38-19-4-8-24-43(38)49)39(26-30)45-32(29-47)14-11-20-34(45)31-13-10-15-33(27-31)48-40-21-5-1-16-35(40)36-17-2-6-22-41(36)48/h1,3-11,13-16,18-27H,2,12,17H2. The van der Waals surface area contributed by atoms with Gasteiger partial charge in [0.15, 0.2) is 0 Å². The van der Waals surface area contributed by atoms with E-state index >= 15 is 0 Å². The average Bonchev–Trinajstić information content (AvgIpc) is 3.59. The lowest BCUT2D eigenvalue weighted by Crippen LogP contribution is -2.03. The van der Waals surface area contributed by atoms with Gasteiger partial charge in [-0.3, -0.25) is 0 Å². The van der Waals surface area contributed by atoms with Crippen molar-refractivity contribution >= 4 is 50.1 Å². The van der Waals surface area contributed by atoms with Gasteiger partial charge in [0, 0.05) is 50.7 Å². The van der Waals surface area contributed by atoms with Crippen LogP contribution in [0.4, 0.5) is 0 Å². The number of nitrogens with zero attached hydrogens (tertiary/aromatic N) is 4. The molecular weight excluding hydrogens is 597 g/mol. The van der Waals surface area contributed by atoms with Crippen molar-refractivity contribution in [3.8, 4) is 29.0 Å². The molecule has 0 radical (unpaired) electrons. The van der Waals surface area contributed by atoms with Gasteiger partial charge < -0.3 is 9.13 Å². The van der Waals surface area contributed by atoms with E-state index in [9.17, 15) is 10.5 Å². The molecule has 0 unspecified atom stereocenters. The second-order valence-corrected chi connectivity index (χ2v) is 12.6. The predicted octanol–water partition coefficient (Wildman–Crippen LogP) is 11.0. The summed E-state index contributed by atoms with van der Waals surface area (Å²) < 4.78 is 4.65. The Kier molecular flexibility index (Phi) is 6.75. The molecule has 2 aliphatic carbocycles. The molecule has 5 aromatic carbocycles. The normalized spacial score (nSPS) is 14.1. The highest BCUT2D eigenvalue weighted by Crippen LogP contribution is 2.42. The van der Waals surface area contributed by atoms with Crippen LogP contribution in [0.25, 0.3) is 66.9 Å². The van der Waals surface area contributed by atoms with Gasteiger partial charge >= 0.3 is 0 Å². The van der Waals surface area contributed by atoms with Crippen LogP contribution < -0.4 is 0 Å². The van der Waals surface area contributed by atoms with Crippen LogP contribution in [-0.4, -0.2) is 9.13 Å². The second kappa shape index (κ2) is 11.6. The fraction of sp³-hybridized carbons (Fsp3) is 0.0667. The second-order valence-electron chi connectivity index (χ2n) is 12.6. The van der Waals surface area contributed by atoms with Crippen molar-refractivity contribution in [1.82, 2.24) is 9.13 Å². The average molecular weight is 627 g/mol. The molecule has 4 heteroatoms. The molecule has 0 amide bonds. The number of aryl methyl sites for hydroxylation is 1. The molecule has 4 nitrogen and oxygen atoms in total. The Hall–Kier alpha value is -6.62. The monoisotopic (exact) mass is 626 g/mol. The summed E-state index contributed by atoms with van der Waals surface area (Å²) in [7, 11) is 0. The topological polar surface area (TPSA) is 57.4 Å². The van der Waals surface area contributed by atoms with Gasteiger partial charge in [-0.05, 0) is 84.2 Å². The Morgan fingerprint density at radius 2 is 1.31 bits per heavy atom. The highest BCUT2D eigenvalue weighted by molar-refractivity contribution is 6.13. The number of nitriles is 2. The minimum absolute atomic E-state index is 0.513. The van der Waals surface area contributed by atoms with Crippen molar-refractivity contribution in [2.75, 3.05) is 0 Å². The largest absolute Gasteiger partial charge is 0.310 e. The van der Waals surface area contributed by atoms with Gasteiger partial charge in [-0.25, -0.2) is 0 Å². The molecule has 2 heterocycles. The molecule has 9 rings (SSSR count). The van der Waals surface area contributed by atoms with E-state index in [0.717, 1.165) is 68.3 Å². The Morgan fingerprint density at radius 1 is 0.612 bits per heavy atom. The van der Waals surface area contributed by atoms with Gasteiger partial charge in [0.25, 0.3) is 0 Å². The van der Waals surface area contributed by atoms with Crippen molar-refractivity contribution in [2.45, 2.75) is 19.3 Å². The van der Waals surface area contributed by atoms with Crippen LogP contribution in [0.15, 0.2) is 145 Å². The molecule has 0 atom stereocenters. The quantitative estimate of drug-likeness (QED) is 0.195. The summed E-state index contributed by atoms with van der Waals surface area (Å²) in [4.78, 5) is 0. The zero-order valence-corrected chi connectivity index (χ0v) is 26.8. The van der Waals surface area contributed by atoms with Gasteiger partial charge in [0.05, 0.1) is 39.9 Å². The summed E-state index contributed by atoms with van der Waals surface area (Å²) in [5, 5.41) is 24.5. The number of aromatic nitrogens is 2. The molecule has 0 spiro atoms. The molecule has 0 aliphatic heterocycles. The molecule has 0 saturated carbocycles. The van der Waals surface area contributed by atoms with Crippen LogP contribution >= 0.6 is 0 Å². The van der Waals surface area contributed by atoms with Gasteiger partial charge in [-0.1, -0.05) is 91.0 Å². The number of allylic oxidation sites excluding steroid dienone is 7. The Bertz CT molecular complexity index is 2660. The summed E-state index contributed by atoms with van der Waals surface area (Å²) in [5.41, 5.74) is 12.8. The van der Waals surface area contributed by atoms with Crippen LogP contribution in [0.2, 0.25) is 0 Å². The lowest BCUT2D eigenvalue weighted by molar-refractivity contribution is 0.968. The number of hydrogen-bond acceptors (Lipinski definition) is 2. The fourth-order valence-corrected chi connectivity index (χ4v) is 7.80. The maximum Gasteiger partial charge on any atom is 0.0998 e. The highest BCUT2D eigenvalue weighted by atomic mass is 15.0. The van der Waals surface area contributed by atoms with E-state index in [2.05, 4.69) is 149 Å². The molecule has 2 aromatic heterocycles. The molecule has 0 bridgehead atoms. The van der Waals surface area contributed by atoms with E-state index in [1.54, 1.807) is 0 Å². The lowest BCUT2D eigenvalue weighted by atomic mass is 9.88. The van der Waals surface area contributed by atoms with Crippen LogP contribution in [-0.2, 0) is 6.42 Å². The first-order valence-electron chi connectivity index (χ1n) is 16.7. The zero-order chi connectivity index (χ0) is 32.9. The summed E-state index contributed by atoms with van der Waals surface area (Å²) >= 11 is 0. The first-order chi connectivity index (χ1) is 24.2. The maximum atomic E-state index is 10.6. The maximum absolute atomic E-state index is 10.6. The molecule has 49 heavy (non-hydrogen) atoms. The van der Waals surface area contributed by atoms with E-state index in [1.807, 2.05) is 18.2 Å². The number of hydrogen-bond donors (Lipinski definition) is 0. The minimum atomic E-state index is 0.513. The molecular formula is C45H30N4. The summed E-state index contributed by atoms with van der Waals surface area (Å²) in [5.74, 6) is 0. The first kappa shape index (κ1) is 28.6. The molecule has 230 valence electrons. The minimum Gasteiger partial charge on any atom is -0.310 e. The molecule has 0 fully saturated rings. The number of benzene rings is 5. The molecule has 0 saturated heterocycles. The van der Waals surface area contributed by atoms with E-state index < -0.39 is 0 Å². The third-order valence-corrected chi connectivity index (χ3v) is 9.90. The van der Waals surface area contributed by atoms with Crippen molar-refractivity contribution in [1.29, 1.82) is 10.5 Å². The summed E-state index contributed by atoms with van der Waals surface area (Å²) in [6.45, 7) is 0. The highest BCUT2D eigenvalue weighted by Gasteiger charge is 2.23. The molecule has 0 N–H and O–H groups in total. The fourth-order valence-electron chi connectivity index (χ4n) is 7.80. The Balaban J connectivity index is 1.34. The number of para-hydroxylation sites is 3. The summed E-state index contributed by atoms with van der Waals surface area (Å²) in [6, 6.07) is 45.0. The van der Waals surface area contributed by atoms with E-state index in [-0.39, 0.29) is 0 Å². The Morgan fingerprint density at radius 3 is 2.04 bits per heavy atom. The predicted molar refractivity (Wildman–Crippen MR) is 201 cm³/mol. The van der Waals surface area contributed by atoms with Gasteiger partial charge in [-0.15, -0.1) is 0 Å². The zero-order valence-electron chi connectivity index (χ0n) is 26.8. The smallest absolute Gasteiger partial charge is 0.0998 e. The van der Waals surface area contributed by atoms with Gasteiger partial charge in [0.1, 0.15) is 0 Å². The molecule has 2 aliphatic rings. The van der Waals surface area contributed by atoms with E-state index in [0.29, 0.717) is 17.6 Å². The number of fused-ring (bicyclic) bond motifs is 6. The molecule has 7 aromatic rings. The van der Waals surface area contributed by atoms with Gasteiger partial charge in [-0.2, -0.15) is 10.5 Å². The van der Waals surface area contributed by atoms with Crippen LogP contribution in [0, 0.1) is 22.7 Å². The third kappa shape index (κ3) is 4.50. The van der Waals surface area contributed by atoms with E-state index in [4.69, 9.17) is 0 Å². The third-order valence-electron chi connectivity index (χ3n) is 9.90. The first-order valence-corrected chi connectivity index (χ1v) is 16.7. The van der Waals surface area contributed by atoms with Crippen molar-refractivity contribution < 1.29 is 0 Å². The lowest BCUT2D eigenvalue weighted by Gasteiger charge is -2.19.